The molecule has 0 radical (unpaired) electrons. The Hall–Kier alpha value is -5.73. The van der Waals surface area contributed by atoms with Crippen LogP contribution in [0.25, 0.3) is 33.4 Å². The molecule has 1 heterocycles. The number of nitrogens with one attached hydrogen (secondary N) is 3. The van der Waals surface area contributed by atoms with Gasteiger partial charge in [-0.15, -0.1) is 0 Å². The fourth-order valence-electron chi connectivity index (χ4n) is 6.48. The van der Waals surface area contributed by atoms with Crippen molar-refractivity contribution in [3.8, 4) is 28.2 Å². The Labute approximate surface area is 346 Å². The molecular weight excluding hydrogens is 823 g/mol. The second-order valence-electron chi connectivity index (χ2n) is 13.0. The molecule has 0 aromatic heterocycles. The lowest BCUT2D eigenvalue weighted by atomic mass is 9.90. The van der Waals surface area contributed by atoms with E-state index in [4.69, 9.17) is 21.4 Å². The molecule has 0 unspecified atom stereocenters. The lowest BCUT2D eigenvalue weighted by Crippen LogP contribution is -2.35. The Morgan fingerprint density at radius 2 is 1.63 bits per heavy atom. The van der Waals surface area contributed by atoms with Gasteiger partial charge in [0.1, 0.15) is 12.4 Å². The van der Waals surface area contributed by atoms with Gasteiger partial charge in [-0.1, -0.05) is 36.5 Å². The molecule has 19 heteroatoms. The summed E-state index contributed by atoms with van der Waals surface area (Å²) in [7, 11) is -8.53. The maximum atomic E-state index is 14.1. The van der Waals surface area contributed by atoms with Crippen molar-refractivity contribution in [2.45, 2.75) is 36.5 Å². The van der Waals surface area contributed by atoms with Crippen molar-refractivity contribution in [3.05, 3.63) is 89.3 Å². The summed E-state index contributed by atoms with van der Waals surface area (Å²) in [5.41, 5.74) is 0.582. The lowest BCUT2D eigenvalue weighted by molar-refractivity contribution is -0.121. The maximum Gasteiger partial charge on any atom is 0.300 e. The second-order valence-corrected chi connectivity index (χ2v) is 16.1. The first-order valence-electron chi connectivity index (χ1n) is 18.4. The summed E-state index contributed by atoms with van der Waals surface area (Å²) in [6, 6.07) is 18.8. The molecule has 1 aliphatic heterocycles. The molecule has 0 fully saturated rings. The molecular formula is C40H43N5O11S3. The average molecular weight is 866 g/mol. The van der Waals surface area contributed by atoms with E-state index in [1.807, 2.05) is 0 Å². The van der Waals surface area contributed by atoms with E-state index < -0.39 is 47.3 Å². The van der Waals surface area contributed by atoms with Gasteiger partial charge in [-0.25, -0.2) is 0 Å². The number of hydrogen-bond donors (Lipinski definition) is 5. The first kappa shape index (κ1) is 44.4. The number of benzene rings is 4. The standard InChI is InChI=1S/C40H43N5O11S3/c1-4-41-31-17-15-29-34(30-16-18-32(42-5-2)38(59(52,53)54)36(30)56-35(29)37(31)58(49,50)51)27-12-6-7-13-28(27)40(48)45(3)21-9-14-33(46)43-19-20-44-39(47)25-10-8-11-26(24-25)55-22-23-57/h6-8,10-13,15-18,23-24,41H,4-5,9,14,19-22H2,1-3H3,(H,43,46)(H,44,47)(H,49,50,51)(H,52,53,54)/b42-32+. The van der Waals surface area contributed by atoms with E-state index >= 15 is 0 Å². The maximum absolute atomic E-state index is 14.1. The third-order valence-electron chi connectivity index (χ3n) is 8.98. The Kier molecular flexibility index (Phi) is 14.6. The zero-order valence-corrected chi connectivity index (χ0v) is 34.8. The first-order chi connectivity index (χ1) is 28.1. The summed E-state index contributed by atoms with van der Waals surface area (Å²) in [5.74, 6) is -1.07. The minimum atomic E-state index is -5.05. The average Bonchev–Trinajstić information content (AvgIpc) is 3.19. The number of hydrogen-bond acceptors (Lipinski definition) is 12. The number of amides is 3. The lowest BCUT2D eigenvalue weighted by Gasteiger charge is -2.23. The highest BCUT2D eigenvalue weighted by Gasteiger charge is 2.32. The van der Waals surface area contributed by atoms with Crippen molar-refractivity contribution < 1.29 is 49.5 Å². The van der Waals surface area contributed by atoms with E-state index in [1.165, 1.54) is 34.5 Å². The van der Waals surface area contributed by atoms with Gasteiger partial charge in [-0.2, -0.15) is 16.8 Å². The van der Waals surface area contributed by atoms with Crippen molar-refractivity contribution in [3.63, 3.8) is 0 Å². The molecule has 59 heavy (non-hydrogen) atoms. The fraction of sp³-hybridized carbons (Fsp3) is 0.275. The van der Waals surface area contributed by atoms with Gasteiger partial charge < -0.3 is 30.0 Å². The van der Waals surface area contributed by atoms with Crippen LogP contribution in [0, 0.1) is 0 Å². The smallest absolute Gasteiger partial charge is 0.300 e. The fourth-order valence-corrected chi connectivity index (χ4v) is 8.13. The van der Waals surface area contributed by atoms with Crippen LogP contribution in [0.4, 0.5) is 5.69 Å². The number of carbonyl (C=O) groups excluding carboxylic acids is 3. The van der Waals surface area contributed by atoms with Gasteiger partial charge in [0.15, 0.2) is 21.1 Å². The van der Waals surface area contributed by atoms with Crippen LogP contribution in [-0.2, 0) is 25.0 Å². The predicted molar refractivity (Wildman–Crippen MR) is 225 cm³/mol. The second kappa shape index (κ2) is 19.3. The summed E-state index contributed by atoms with van der Waals surface area (Å²) in [4.78, 5) is 43.5. The summed E-state index contributed by atoms with van der Waals surface area (Å²) < 4.78 is 84.1. The molecule has 3 aromatic rings. The Morgan fingerprint density at radius 1 is 0.898 bits per heavy atom. The van der Waals surface area contributed by atoms with Gasteiger partial charge in [0, 0.05) is 79.2 Å². The van der Waals surface area contributed by atoms with Crippen LogP contribution >= 0.6 is 12.2 Å². The molecule has 5 rings (SSSR count). The van der Waals surface area contributed by atoms with E-state index in [1.54, 1.807) is 69.4 Å². The summed E-state index contributed by atoms with van der Waals surface area (Å²) in [6.07, 6.45) is 0.345. The molecule has 1 aliphatic carbocycles. The number of fused-ring (bicyclic) bond motifs is 2. The highest BCUT2D eigenvalue weighted by molar-refractivity contribution is 7.86. The van der Waals surface area contributed by atoms with Gasteiger partial charge >= 0.3 is 0 Å². The van der Waals surface area contributed by atoms with Crippen LogP contribution in [0.2, 0.25) is 0 Å². The van der Waals surface area contributed by atoms with Crippen molar-refractivity contribution in [1.29, 1.82) is 0 Å². The van der Waals surface area contributed by atoms with Crippen molar-refractivity contribution in [2.75, 3.05) is 51.7 Å². The summed E-state index contributed by atoms with van der Waals surface area (Å²) in [6.45, 7) is 4.44. The molecule has 0 spiro atoms. The van der Waals surface area contributed by atoms with Gasteiger partial charge in [0.2, 0.25) is 5.91 Å². The number of anilines is 1. The zero-order chi connectivity index (χ0) is 42.9. The quantitative estimate of drug-likeness (QED) is 0.0344. The SMILES string of the molecule is CC/N=c1\ccc2c(-c3ccccc3C(=O)N(C)CCCC(=O)NCCNC(=O)c3cccc(OCC=S)c3)c3ccc(NCC)c(S(=O)(=O)O)c3oc-2c1S(=O)(=O)O. The summed E-state index contributed by atoms with van der Waals surface area (Å²) >= 11 is 4.76. The van der Waals surface area contributed by atoms with Gasteiger partial charge in [-0.3, -0.25) is 28.5 Å². The minimum absolute atomic E-state index is 0.0348. The number of nitrogens with zero attached hydrogens (tertiary/aromatic N) is 2. The normalized spacial score (nSPS) is 12.0. The highest BCUT2D eigenvalue weighted by Crippen LogP contribution is 2.46. The molecule has 0 saturated carbocycles. The molecule has 3 aromatic carbocycles. The number of ether oxygens (including phenoxy) is 1. The van der Waals surface area contributed by atoms with E-state index in [-0.39, 0.29) is 103 Å². The topological polar surface area (TPSA) is 234 Å². The van der Waals surface area contributed by atoms with E-state index in [0.29, 0.717) is 11.3 Å². The monoisotopic (exact) mass is 865 g/mol. The van der Waals surface area contributed by atoms with Crippen molar-refractivity contribution >= 4 is 72.2 Å². The Balaban J connectivity index is 1.40. The molecule has 312 valence electrons. The van der Waals surface area contributed by atoms with Crippen molar-refractivity contribution in [1.82, 2.24) is 15.5 Å². The predicted octanol–water partition coefficient (Wildman–Crippen LogP) is 4.83. The van der Waals surface area contributed by atoms with Crippen LogP contribution < -0.4 is 26.0 Å². The number of carbonyl (C=O) groups is 3. The van der Waals surface area contributed by atoms with E-state index in [2.05, 4.69) is 20.9 Å². The van der Waals surface area contributed by atoms with Crippen LogP contribution in [0.1, 0.15) is 47.4 Å². The van der Waals surface area contributed by atoms with Crippen molar-refractivity contribution in [2.24, 2.45) is 4.99 Å². The summed E-state index contributed by atoms with van der Waals surface area (Å²) in [5, 5.41) is 9.72. The molecule has 0 bridgehead atoms. The van der Waals surface area contributed by atoms with Crippen LogP contribution in [-0.4, -0.2) is 100 Å². The molecule has 16 nitrogen and oxygen atoms in total. The molecule has 2 aliphatic rings. The molecule has 0 saturated heterocycles. The molecule has 3 amide bonds. The highest BCUT2D eigenvalue weighted by atomic mass is 32.2. The third kappa shape index (κ3) is 10.5. The van der Waals surface area contributed by atoms with Crippen LogP contribution in [0.15, 0.2) is 92.0 Å². The minimum Gasteiger partial charge on any atom is -0.489 e. The molecule has 0 atom stereocenters. The largest absolute Gasteiger partial charge is 0.489 e. The van der Waals surface area contributed by atoms with Gasteiger partial charge in [0.25, 0.3) is 32.1 Å². The van der Waals surface area contributed by atoms with Crippen LogP contribution in [0.3, 0.4) is 0 Å². The van der Waals surface area contributed by atoms with Gasteiger partial charge in [0.05, 0.1) is 11.0 Å². The third-order valence-corrected chi connectivity index (χ3v) is 10.9. The first-order valence-corrected chi connectivity index (χ1v) is 21.8. The Morgan fingerprint density at radius 3 is 2.32 bits per heavy atom. The number of rotatable bonds is 18. The number of thiocarbonyl (C=S) groups is 1. The van der Waals surface area contributed by atoms with Gasteiger partial charge in [-0.05, 0) is 74.4 Å². The van der Waals surface area contributed by atoms with E-state index in [0.717, 1.165) is 0 Å². The molecule has 5 N–H and O–H groups in total. The Bertz CT molecular complexity index is 2660. The van der Waals surface area contributed by atoms with E-state index in [9.17, 15) is 40.3 Å². The van der Waals surface area contributed by atoms with Crippen LogP contribution in [0.5, 0.6) is 5.75 Å². The zero-order valence-electron chi connectivity index (χ0n) is 32.4.